The number of nitrogens with zero attached hydrogens (tertiary/aromatic N) is 2. The third-order valence-corrected chi connectivity index (χ3v) is 4.48. The molecule has 5 heteroatoms. The minimum absolute atomic E-state index is 0.0820. The van der Waals surface area contributed by atoms with Gasteiger partial charge in [0, 0.05) is 46.0 Å². The molecule has 138 valence electrons. The van der Waals surface area contributed by atoms with Gasteiger partial charge in [-0.25, -0.2) is 0 Å². The van der Waals surface area contributed by atoms with Crippen LogP contribution in [-0.4, -0.2) is 45.9 Å². The fourth-order valence-corrected chi connectivity index (χ4v) is 2.89. The van der Waals surface area contributed by atoms with Crippen LogP contribution < -0.4 is 15.5 Å². The van der Waals surface area contributed by atoms with Crippen LogP contribution in [-0.2, 0) is 11.3 Å². The van der Waals surface area contributed by atoms with Crippen LogP contribution in [0.2, 0.25) is 0 Å². The fraction of sp³-hybridized carbons (Fsp3) is 0.550. The Morgan fingerprint density at radius 3 is 2.56 bits per heavy atom. The lowest BCUT2D eigenvalue weighted by molar-refractivity contribution is 0.0205. The maximum absolute atomic E-state index is 5.59. The lowest BCUT2D eigenvalue weighted by Crippen LogP contribution is -2.45. The van der Waals surface area contributed by atoms with Crippen LogP contribution in [0.25, 0.3) is 0 Å². The number of hydrogen-bond acceptors (Lipinski definition) is 3. The van der Waals surface area contributed by atoms with Crippen molar-refractivity contribution in [1.29, 1.82) is 0 Å². The molecule has 0 saturated carbocycles. The number of hydrogen-bond donors (Lipinski definition) is 2. The van der Waals surface area contributed by atoms with Gasteiger partial charge in [-0.3, -0.25) is 4.99 Å². The smallest absolute Gasteiger partial charge is 0.191 e. The minimum atomic E-state index is 0.0820. The highest BCUT2D eigenvalue weighted by Crippen LogP contribution is 2.21. The normalized spacial score (nSPS) is 16.2. The Labute approximate surface area is 152 Å². The van der Waals surface area contributed by atoms with Crippen molar-refractivity contribution in [2.24, 2.45) is 10.4 Å². The van der Waals surface area contributed by atoms with Gasteiger partial charge in [0.2, 0.25) is 0 Å². The summed E-state index contributed by atoms with van der Waals surface area (Å²) < 4.78 is 5.59. The zero-order chi connectivity index (χ0) is 18.3. The first kappa shape index (κ1) is 19.3. The largest absolute Gasteiger partial charge is 0.379 e. The fourth-order valence-electron chi connectivity index (χ4n) is 2.89. The van der Waals surface area contributed by atoms with Crippen LogP contribution in [0.4, 0.5) is 5.69 Å². The molecule has 0 bridgehead atoms. The van der Waals surface area contributed by atoms with Crippen LogP contribution >= 0.6 is 0 Å². The van der Waals surface area contributed by atoms with E-state index in [2.05, 4.69) is 77.7 Å². The number of nitrogens with one attached hydrogen (secondary N) is 2. The van der Waals surface area contributed by atoms with E-state index in [1.165, 1.54) is 11.3 Å². The van der Waals surface area contributed by atoms with Gasteiger partial charge in [-0.2, -0.15) is 0 Å². The van der Waals surface area contributed by atoms with Gasteiger partial charge in [-0.1, -0.05) is 45.1 Å². The van der Waals surface area contributed by atoms with E-state index in [-0.39, 0.29) is 11.5 Å². The molecule has 0 fully saturated rings. The topological polar surface area (TPSA) is 48.9 Å². The van der Waals surface area contributed by atoms with Crippen LogP contribution in [0.15, 0.2) is 41.4 Å². The predicted octanol–water partition coefficient (Wildman–Crippen LogP) is 2.79. The number of benzene rings is 1. The lowest BCUT2D eigenvalue weighted by Gasteiger charge is -2.30. The van der Waals surface area contributed by atoms with Gasteiger partial charge >= 0.3 is 0 Å². The first-order chi connectivity index (χ1) is 11.9. The van der Waals surface area contributed by atoms with Crippen molar-refractivity contribution < 1.29 is 4.74 Å². The van der Waals surface area contributed by atoms with Gasteiger partial charge in [0.15, 0.2) is 5.96 Å². The minimum Gasteiger partial charge on any atom is -0.379 e. The number of rotatable bonds is 6. The SMILES string of the molecule is CN=C(NCc1cccc(N2CC=CC2)c1)NCC(OC)C(C)(C)C. The maximum atomic E-state index is 5.59. The summed E-state index contributed by atoms with van der Waals surface area (Å²) in [4.78, 5) is 6.66. The van der Waals surface area contributed by atoms with E-state index >= 15 is 0 Å². The molecule has 0 amide bonds. The second-order valence-corrected chi connectivity index (χ2v) is 7.44. The van der Waals surface area contributed by atoms with Gasteiger partial charge in [0.25, 0.3) is 0 Å². The van der Waals surface area contributed by atoms with Crippen LogP contribution in [0.5, 0.6) is 0 Å². The number of ether oxygens (including phenoxy) is 1. The second-order valence-electron chi connectivity index (χ2n) is 7.44. The summed E-state index contributed by atoms with van der Waals surface area (Å²) in [5.41, 5.74) is 2.59. The maximum Gasteiger partial charge on any atom is 0.191 e. The first-order valence-corrected chi connectivity index (χ1v) is 8.90. The van der Waals surface area contributed by atoms with E-state index in [0.29, 0.717) is 0 Å². The molecule has 0 spiro atoms. The van der Waals surface area contributed by atoms with E-state index < -0.39 is 0 Å². The molecule has 2 N–H and O–H groups in total. The summed E-state index contributed by atoms with van der Waals surface area (Å²) >= 11 is 0. The van der Waals surface area contributed by atoms with Gasteiger partial charge < -0.3 is 20.3 Å². The number of guanidine groups is 1. The van der Waals surface area contributed by atoms with Crippen molar-refractivity contribution in [3.63, 3.8) is 0 Å². The molecule has 0 aromatic heterocycles. The monoisotopic (exact) mass is 344 g/mol. The lowest BCUT2D eigenvalue weighted by atomic mass is 9.89. The Balaban J connectivity index is 1.87. The third-order valence-electron chi connectivity index (χ3n) is 4.48. The molecule has 5 nitrogen and oxygen atoms in total. The van der Waals surface area contributed by atoms with E-state index in [1.54, 1.807) is 14.2 Å². The number of anilines is 1. The number of aliphatic imine (C=N–C) groups is 1. The van der Waals surface area contributed by atoms with Crippen molar-refractivity contribution in [1.82, 2.24) is 10.6 Å². The Kier molecular flexibility index (Phi) is 6.88. The Morgan fingerprint density at radius 1 is 1.24 bits per heavy atom. The van der Waals surface area contributed by atoms with Crippen molar-refractivity contribution in [2.45, 2.75) is 33.4 Å². The van der Waals surface area contributed by atoms with E-state index in [4.69, 9.17) is 4.74 Å². The van der Waals surface area contributed by atoms with Gasteiger partial charge in [0.1, 0.15) is 0 Å². The summed E-state index contributed by atoms with van der Waals surface area (Å²) in [6.07, 6.45) is 4.54. The van der Waals surface area contributed by atoms with Crippen molar-refractivity contribution in [3.8, 4) is 0 Å². The quantitative estimate of drug-likeness (QED) is 0.473. The highest BCUT2D eigenvalue weighted by molar-refractivity contribution is 5.79. The Bertz CT molecular complexity index is 596. The van der Waals surface area contributed by atoms with Crippen LogP contribution in [0, 0.1) is 5.41 Å². The highest BCUT2D eigenvalue weighted by Gasteiger charge is 2.24. The van der Waals surface area contributed by atoms with Crippen molar-refractivity contribution in [3.05, 3.63) is 42.0 Å². The predicted molar refractivity (Wildman–Crippen MR) is 106 cm³/mol. The molecular formula is C20H32N4O. The van der Waals surface area contributed by atoms with E-state index in [1.807, 2.05) is 0 Å². The summed E-state index contributed by atoms with van der Waals surface area (Å²) in [7, 11) is 3.55. The van der Waals surface area contributed by atoms with Gasteiger partial charge in [-0.05, 0) is 23.1 Å². The average Bonchev–Trinajstić information content (AvgIpc) is 3.12. The molecule has 2 rings (SSSR count). The Morgan fingerprint density at radius 2 is 1.96 bits per heavy atom. The van der Waals surface area contributed by atoms with Gasteiger partial charge in [-0.15, -0.1) is 0 Å². The first-order valence-electron chi connectivity index (χ1n) is 8.90. The second kappa shape index (κ2) is 8.90. The van der Waals surface area contributed by atoms with Crippen molar-refractivity contribution >= 4 is 11.6 Å². The summed E-state index contributed by atoms with van der Waals surface area (Å²) in [5, 5.41) is 6.74. The molecule has 1 atom stereocenters. The molecule has 25 heavy (non-hydrogen) atoms. The standard InChI is InChI=1S/C20H32N4O/c1-20(2,3)18(25-5)15-23-19(21-4)22-14-16-9-8-10-17(13-16)24-11-6-7-12-24/h6-10,13,18H,11-12,14-15H2,1-5H3,(H2,21,22,23). The molecule has 0 aliphatic carbocycles. The molecular weight excluding hydrogens is 312 g/mol. The van der Waals surface area contributed by atoms with Crippen LogP contribution in [0.1, 0.15) is 26.3 Å². The van der Waals surface area contributed by atoms with Crippen molar-refractivity contribution in [2.75, 3.05) is 38.7 Å². The zero-order valence-electron chi connectivity index (χ0n) is 16.2. The molecule has 1 aromatic rings. The molecule has 1 unspecified atom stereocenters. The highest BCUT2D eigenvalue weighted by atomic mass is 16.5. The van der Waals surface area contributed by atoms with Crippen LogP contribution in [0.3, 0.4) is 0 Å². The molecule has 1 aliphatic heterocycles. The Hall–Kier alpha value is -2.01. The average molecular weight is 345 g/mol. The molecule has 1 heterocycles. The summed E-state index contributed by atoms with van der Waals surface area (Å²) in [6, 6.07) is 8.65. The number of methoxy groups -OCH3 is 1. The molecule has 0 saturated heterocycles. The summed E-state index contributed by atoms with van der Waals surface area (Å²) in [6.45, 7) is 9.98. The summed E-state index contributed by atoms with van der Waals surface area (Å²) in [5.74, 6) is 0.791. The molecule has 0 radical (unpaired) electrons. The zero-order valence-corrected chi connectivity index (χ0v) is 16.2. The van der Waals surface area contributed by atoms with E-state index in [9.17, 15) is 0 Å². The molecule has 1 aliphatic rings. The van der Waals surface area contributed by atoms with E-state index in [0.717, 1.165) is 32.1 Å². The van der Waals surface area contributed by atoms with Gasteiger partial charge in [0.05, 0.1) is 6.10 Å². The molecule has 1 aromatic carbocycles. The third kappa shape index (κ3) is 5.78.